The van der Waals surface area contributed by atoms with E-state index >= 15 is 0 Å². The summed E-state index contributed by atoms with van der Waals surface area (Å²) < 4.78 is 15.8. The molecule has 1 heterocycles. The molecule has 2 aromatic rings. The highest BCUT2D eigenvalue weighted by atomic mass is 19.1. The lowest BCUT2D eigenvalue weighted by molar-refractivity contribution is 0.625. The average Bonchev–Trinajstić information content (AvgIpc) is 2.54. The van der Waals surface area contributed by atoms with Crippen molar-refractivity contribution in [1.82, 2.24) is 9.55 Å². The van der Waals surface area contributed by atoms with Gasteiger partial charge in [-0.3, -0.25) is 9.36 Å². The molecule has 0 fully saturated rings. The van der Waals surface area contributed by atoms with Gasteiger partial charge in [0.05, 0.1) is 16.3 Å². The van der Waals surface area contributed by atoms with Crippen molar-refractivity contribution < 1.29 is 4.39 Å². The summed E-state index contributed by atoms with van der Waals surface area (Å²) in [6, 6.07) is 9.34. The Morgan fingerprint density at radius 1 is 1.32 bits per heavy atom. The lowest BCUT2D eigenvalue weighted by atomic mass is 10.1. The second-order valence-corrected chi connectivity index (χ2v) is 5.66. The zero-order valence-corrected chi connectivity index (χ0v) is 12.8. The third-order valence-corrected chi connectivity index (χ3v) is 4.18. The van der Waals surface area contributed by atoms with Gasteiger partial charge >= 0.3 is 0 Å². The Bertz CT molecular complexity index is 868. The second-order valence-electron chi connectivity index (χ2n) is 5.66. The van der Waals surface area contributed by atoms with E-state index in [-0.39, 0.29) is 28.9 Å². The van der Waals surface area contributed by atoms with Crippen LogP contribution in [0.5, 0.6) is 0 Å². The summed E-state index contributed by atoms with van der Waals surface area (Å²) in [6.45, 7) is 4.10. The molecule has 1 aliphatic carbocycles. The monoisotopic (exact) mass is 298 g/mol. The molecule has 1 unspecified atom stereocenters. The molecule has 0 radical (unpaired) electrons. The molecule has 0 spiro atoms. The number of halogens is 1. The Labute approximate surface area is 128 Å². The van der Waals surface area contributed by atoms with E-state index in [0.717, 1.165) is 12.1 Å². The van der Waals surface area contributed by atoms with Gasteiger partial charge in [0.1, 0.15) is 11.7 Å². The minimum Gasteiger partial charge on any atom is -0.268 e. The van der Waals surface area contributed by atoms with Crippen molar-refractivity contribution in [3.63, 3.8) is 0 Å². The number of fused-ring (bicyclic) bond motifs is 1. The molecule has 0 bridgehead atoms. The van der Waals surface area contributed by atoms with Crippen molar-refractivity contribution in [3.05, 3.63) is 57.1 Å². The lowest BCUT2D eigenvalue weighted by Gasteiger charge is -2.17. The van der Waals surface area contributed by atoms with E-state index < -0.39 is 0 Å². The summed E-state index contributed by atoms with van der Waals surface area (Å²) in [6.07, 6.45) is 3.60. The van der Waals surface area contributed by atoms with E-state index in [1.807, 2.05) is 43.3 Å². The molecule has 3 nitrogen and oxygen atoms in total. The van der Waals surface area contributed by atoms with Gasteiger partial charge in [-0.2, -0.15) is 0 Å². The predicted octanol–water partition coefficient (Wildman–Crippen LogP) is 2.40. The highest BCUT2D eigenvalue weighted by molar-refractivity contribution is 5.44. The number of hydrogen-bond donors (Lipinski definition) is 0. The van der Waals surface area contributed by atoms with Crippen molar-refractivity contribution in [2.75, 3.05) is 0 Å². The molecule has 1 aromatic heterocycles. The first-order chi connectivity index (χ1) is 10.6. The van der Waals surface area contributed by atoms with Crippen LogP contribution in [-0.4, -0.2) is 9.55 Å². The van der Waals surface area contributed by atoms with Gasteiger partial charge in [0.15, 0.2) is 0 Å². The summed E-state index contributed by atoms with van der Waals surface area (Å²) >= 11 is 0. The Kier molecular flexibility index (Phi) is 3.92. The van der Waals surface area contributed by atoms with Gasteiger partial charge in [-0.1, -0.05) is 38.1 Å². The lowest BCUT2D eigenvalue weighted by Crippen LogP contribution is -2.50. The summed E-state index contributed by atoms with van der Waals surface area (Å²) in [5.74, 6) is 0.468. The van der Waals surface area contributed by atoms with Crippen LogP contribution in [0.15, 0.2) is 35.1 Å². The van der Waals surface area contributed by atoms with Crippen LogP contribution in [0, 0.1) is 0 Å². The molecular formula is C18H19FN2O. The van der Waals surface area contributed by atoms with E-state index in [0.29, 0.717) is 17.6 Å². The molecule has 0 aliphatic heterocycles. The molecule has 4 heteroatoms. The fraction of sp³-hybridized carbons (Fsp3) is 0.333. The third kappa shape index (κ3) is 2.39. The Balaban J connectivity index is 2.45. The van der Waals surface area contributed by atoms with Crippen molar-refractivity contribution >= 4 is 11.9 Å². The first-order valence-corrected chi connectivity index (χ1v) is 7.70. The van der Waals surface area contributed by atoms with Crippen molar-refractivity contribution in [1.29, 1.82) is 0 Å². The van der Waals surface area contributed by atoms with Crippen LogP contribution in [0.1, 0.15) is 44.9 Å². The Morgan fingerprint density at radius 3 is 2.73 bits per heavy atom. The molecule has 0 saturated carbocycles. The second kappa shape index (κ2) is 5.87. The number of nitrogens with zero attached hydrogens (tertiary/aromatic N) is 2. The van der Waals surface area contributed by atoms with Gasteiger partial charge < -0.3 is 0 Å². The highest BCUT2D eigenvalue weighted by Gasteiger charge is 2.18. The van der Waals surface area contributed by atoms with Crippen LogP contribution in [-0.2, 0) is 0 Å². The largest absolute Gasteiger partial charge is 0.268 e. The molecule has 0 amide bonds. The zero-order chi connectivity index (χ0) is 15.7. The fourth-order valence-corrected chi connectivity index (χ4v) is 2.76. The Morgan fingerprint density at radius 2 is 2.05 bits per heavy atom. The minimum atomic E-state index is -0.351. The number of para-hydroxylation sites is 1. The first kappa shape index (κ1) is 14.7. The number of rotatable bonds is 3. The van der Waals surface area contributed by atoms with Gasteiger partial charge in [-0.05, 0) is 25.0 Å². The van der Waals surface area contributed by atoms with Gasteiger partial charge in [0.2, 0.25) is 0 Å². The van der Waals surface area contributed by atoms with Crippen LogP contribution >= 0.6 is 0 Å². The predicted molar refractivity (Wildman–Crippen MR) is 86.0 cm³/mol. The van der Waals surface area contributed by atoms with E-state index in [1.165, 1.54) is 0 Å². The van der Waals surface area contributed by atoms with Gasteiger partial charge in [0.25, 0.3) is 5.56 Å². The molecule has 3 rings (SSSR count). The van der Waals surface area contributed by atoms with E-state index in [9.17, 15) is 9.18 Å². The summed E-state index contributed by atoms with van der Waals surface area (Å²) in [5, 5.41) is 0.624. The van der Waals surface area contributed by atoms with Crippen molar-refractivity contribution in [2.24, 2.45) is 0 Å². The van der Waals surface area contributed by atoms with Crippen LogP contribution < -0.4 is 16.1 Å². The number of hydrogen-bond acceptors (Lipinski definition) is 2. The molecule has 22 heavy (non-hydrogen) atoms. The normalized spacial score (nSPS) is 15.1. The van der Waals surface area contributed by atoms with Gasteiger partial charge in [-0.15, -0.1) is 0 Å². The number of aromatic nitrogens is 2. The van der Waals surface area contributed by atoms with Crippen LogP contribution in [0.3, 0.4) is 0 Å². The van der Waals surface area contributed by atoms with E-state index in [1.54, 1.807) is 4.57 Å². The fourth-order valence-electron chi connectivity index (χ4n) is 2.76. The molecular weight excluding hydrogens is 279 g/mol. The van der Waals surface area contributed by atoms with Crippen molar-refractivity contribution in [2.45, 2.75) is 39.0 Å². The summed E-state index contributed by atoms with van der Waals surface area (Å²) in [4.78, 5) is 17.5. The molecule has 1 aliphatic rings. The Hall–Kier alpha value is -2.23. The molecule has 1 aromatic carbocycles. The van der Waals surface area contributed by atoms with Crippen molar-refractivity contribution in [3.8, 4) is 5.69 Å². The maximum absolute atomic E-state index is 14.2. The van der Waals surface area contributed by atoms with E-state index in [4.69, 9.17) is 0 Å². The highest BCUT2D eigenvalue weighted by Crippen LogP contribution is 2.17. The van der Waals surface area contributed by atoms with Crippen LogP contribution in [0.4, 0.5) is 4.39 Å². The smallest absolute Gasteiger partial charge is 0.268 e. The third-order valence-electron chi connectivity index (χ3n) is 4.18. The molecule has 0 N–H and O–H groups in total. The van der Waals surface area contributed by atoms with Crippen LogP contribution in [0.25, 0.3) is 17.6 Å². The summed E-state index contributed by atoms with van der Waals surface area (Å²) in [7, 11) is 0. The van der Waals surface area contributed by atoms with E-state index in [2.05, 4.69) is 11.9 Å². The summed E-state index contributed by atoms with van der Waals surface area (Å²) in [5.41, 5.74) is 0.427. The molecule has 1 atom stereocenters. The first-order valence-electron chi connectivity index (χ1n) is 7.70. The quantitative estimate of drug-likeness (QED) is 0.872. The van der Waals surface area contributed by atoms with Gasteiger partial charge in [-0.25, -0.2) is 9.37 Å². The number of benzene rings is 1. The standard InChI is InChI=1S/C18H19FN2O/c1-3-12(2)17-20-15-11-7-10-14(19)16(15)18(22)21(17)13-8-5-4-6-9-13/h4-6,8-9,11-12H,3,7,10H2,1-2H3. The van der Waals surface area contributed by atoms with Gasteiger partial charge in [0, 0.05) is 12.3 Å². The minimum absolute atomic E-state index is 0.122. The van der Waals surface area contributed by atoms with Crippen LogP contribution in [0.2, 0.25) is 0 Å². The maximum atomic E-state index is 14.2. The SMILES string of the molecule is CCC(C)c1nc2c(c(=O)n1-c1ccccc1)=C(F)CCC=2. The zero-order valence-electron chi connectivity index (χ0n) is 12.8. The topological polar surface area (TPSA) is 34.9 Å². The maximum Gasteiger partial charge on any atom is 0.268 e. The molecule has 114 valence electrons. The molecule has 0 saturated heterocycles. The average molecular weight is 298 g/mol.